The second-order valence-corrected chi connectivity index (χ2v) is 4.46. The Hall–Kier alpha value is -1.33. The van der Waals surface area contributed by atoms with Crippen molar-refractivity contribution in [1.29, 1.82) is 0 Å². The maximum Gasteiger partial charge on any atom is 0.220 e. The maximum atomic E-state index is 11.5. The fraction of sp³-hybridized carbons (Fsp3) is 0.643. The molecule has 1 heterocycles. The zero-order chi connectivity index (χ0) is 13.9. The monoisotopic (exact) mass is 269 g/mol. The molecule has 0 bridgehead atoms. The third kappa shape index (κ3) is 8.40. The van der Waals surface area contributed by atoms with Gasteiger partial charge in [-0.2, -0.15) is 0 Å². The fourth-order valence-electron chi connectivity index (χ4n) is 1.49. The molecule has 0 aliphatic carbocycles. The lowest BCUT2D eigenvalue weighted by atomic mass is 10.2. The van der Waals surface area contributed by atoms with E-state index < -0.39 is 0 Å². The smallest absolute Gasteiger partial charge is 0.220 e. The van der Waals surface area contributed by atoms with Crippen molar-refractivity contribution in [3.8, 4) is 0 Å². The number of aryl methyl sites for hydroxylation is 1. The van der Waals surface area contributed by atoms with Crippen LogP contribution in [0.3, 0.4) is 0 Å². The number of hydrogen-bond acceptors (Lipinski definition) is 4. The minimum absolute atomic E-state index is 0.0124. The van der Waals surface area contributed by atoms with Gasteiger partial charge >= 0.3 is 0 Å². The summed E-state index contributed by atoms with van der Waals surface area (Å²) in [5, 5.41) is 2.80. The minimum Gasteiger partial charge on any atom is -0.469 e. The summed E-state index contributed by atoms with van der Waals surface area (Å²) < 4.78 is 15.8. The number of amides is 1. The summed E-state index contributed by atoms with van der Waals surface area (Å²) in [6, 6.07) is 3.69. The Morgan fingerprint density at radius 1 is 1.37 bits per heavy atom. The van der Waals surface area contributed by atoms with Crippen molar-refractivity contribution in [1.82, 2.24) is 5.32 Å². The summed E-state index contributed by atoms with van der Waals surface area (Å²) in [5.74, 6) is 0.843. The Labute approximate surface area is 114 Å². The van der Waals surface area contributed by atoms with Gasteiger partial charge in [0.25, 0.3) is 0 Å². The molecule has 1 rings (SSSR count). The first-order valence-corrected chi connectivity index (χ1v) is 6.67. The molecule has 1 N–H and O–H groups in total. The number of ether oxygens (including phenoxy) is 2. The van der Waals surface area contributed by atoms with Gasteiger partial charge in [-0.3, -0.25) is 4.79 Å². The van der Waals surface area contributed by atoms with E-state index in [1.807, 2.05) is 26.0 Å². The van der Waals surface area contributed by atoms with Crippen LogP contribution >= 0.6 is 0 Å². The summed E-state index contributed by atoms with van der Waals surface area (Å²) in [7, 11) is 0. The molecule has 1 amide bonds. The van der Waals surface area contributed by atoms with E-state index in [2.05, 4.69) is 5.32 Å². The van der Waals surface area contributed by atoms with Gasteiger partial charge in [-0.05, 0) is 26.0 Å². The first-order valence-electron chi connectivity index (χ1n) is 6.67. The normalized spacial score (nSPS) is 10.9. The average molecular weight is 269 g/mol. The molecule has 0 aliphatic rings. The molecule has 0 radical (unpaired) electrons. The van der Waals surface area contributed by atoms with Gasteiger partial charge in [0.05, 0.1) is 32.2 Å². The zero-order valence-corrected chi connectivity index (χ0v) is 11.7. The molecule has 1 aromatic rings. The van der Waals surface area contributed by atoms with Crippen LogP contribution in [0.2, 0.25) is 0 Å². The van der Waals surface area contributed by atoms with Crippen LogP contribution in [0.5, 0.6) is 0 Å². The molecule has 0 atom stereocenters. The third-order valence-electron chi connectivity index (χ3n) is 2.43. The molecule has 0 aromatic carbocycles. The zero-order valence-electron chi connectivity index (χ0n) is 11.7. The van der Waals surface area contributed by atoms with E-state index in [0.29, 0.717) is 39.2 Å². The number of carbonyl (C=O) groups excluding carboxylic acids is 1. The molecule has 5 heteroatoms. The largest absolute Gasteiger partial charge is 0.469 e. The van der Waals surface area contributed by atoms with Crippen LogP contribution in [0.15, 0.2) is 22.8 Å². The van der Waals surface area contributed by atoms with E-state index >= 15 is 0 Å². The summed E-state index contributed by atoms with van der Waals surface area (Å²) >= 11 is 0. The van der Waals surface area contributed by atoms with Gasteiger partial charge in [0, 0.05) is 19.4 Å². The number of carbonyl (C=O) groups is 1. The topological polar surface area (TPSA) is 60.7 Å². The van der Waals surface area contributed by atoms with Crippen LogP contribution in [-0.4, -0.2) is 38.4 Å². The van der Waals surface area contributed by atoms with Crippen molar-refractivity contribution in [3.05, 3.63) is 24.2 Å². The molecule has 1 aromatic heterocycles. The predicted octanol–water partition coefficient (Wildman–Crippen LogP) is 1.77. The van der Waals surface area contributed by atoms with Gasteiger partial charge in [0.15, 0.2) is 0 Å². The molecule has 5 nitrogen and oxygen atoms in total. The van der Waals surface area contributed by atoms with Gasteiger partial charge < -0.3 is 19.2 Å². The molecule has 0 saturated carbocycles. The van der Waals surface area contributed by atoms with Crippen molar-refractivity contribution in [2.24, 2.45) is 0 Å². The second kappa shape index (κ2) is 9.58. The van der Waals surface area contributed by atoms with Crippen molar-refractivity contribution >= 4 is 5.91 Å². The fourth-order valence-corrected chi connectivity index (χ4v) is 1.49. The Kier molecular flexibility index (Phi) is 7.93. The molecule has 19 heavy (non-hydrogen) atoms. The maximum absolute atomic E-state index is 11.5. The molecule has 108 valence electrons. The highest BCUT2D eigenvalue weighted by Crippen LogP contribution is 2.02. The SMILES string of the molecule is CC(C)OCCOCCNC(=O)CCc1ccco1. The second-order valence-electron chi connectivity index (χ2n) is 4.46. The number of nitrogens with one attached hydrogen (secondary N) is 1. The summed E-state index contributed by atoms with van der Waals surface area (Å²) in [6.07, 6.45) is 2.90. The van der Waals surface area contributed by atoms with Crippen molar-refractivity contribution in [2.75, 3.05) is 26.4 Å². The van der Waals surface area contributed by atoms with Crippen LogP contribution < -0.4 is 5.32 Å². The molecular weight excluding hydrogens is 246 g/mol. The van der Waals surface area contributed by atoms with Crippen LogP contribution in [0.1, 0.15) is 26.0 Å². The van der Waals surface area contributed by atoms with Crippen molar-refractivity contribution in [2.45, 2.75) is 32.8 Å². The molecule has 0 saturated heterocycles. The van der Waals surface area contributed by atoms with Gasteiger partial charge in [-0.25, -0.2) is 0 Å². The van der Waals surface area contributed by atoms with E-state index in [0.717, 1.165) is 5.76 Å². The van der Waals surface area contributed by atoms with E-state index in [1.165, 1.54) is 0 Å². The minimum atomic E-state index is 0.0124. The first-order chi connectivity index (χ1) is 9.18. The molecule has 0 fully saturated rings. The molecule has 0 unspecified atom stereocenters. The van der Waals surface area contributed by atoms with Gasteiger partial charge in [-0.15, -0.1) is 0 Å². The number of hydrogen-bond donors (Lipinski definition) is 1. The summed E-state index contributed by atoms with van der Waals surface area (Å²) in [6.45, 7) is 6.15. The quantitative estimate of drug-likeness (QED) is 0.658. The predicted molar refractivity (Wildman–Crippen MR) is 71.9 cm³/mol. The van der Waals surface area contributed by atoms with Gasteiger partial charge in [-0.1, -0.05) is 0 Å². The Balaban J connectivity index is 1.90. The lowest BCUT2D eigenvalue weighted by Crippen LogP contribution is -2.27. The van der Waals surface area contributed by atoms with Crippen LogP contribution in [0, 0.1) is 0 Å². The first kappa shape index (κ1) is 15.7. The lowest BCUT2D eigenvalue weighted by Gasteiger charge is -2.08. The highest BCUT2D eigenvalue weighted by atomic mass is 16.5. The standard InChI is InChI=1S/C14H23NO4/c1-12(2)18-11-10-17-9-7-15-14(16)6-5-13-4-3-8-19-13/h3-4,8,12H,5-7,9-11H2,1-2H3,(H,15,16). The third-order valence-corrected chi connectivity index (χ3v) is 2.43. The number of rotatable bonds is 10. The van der Waals surface area contributed by atoms with Crippen molar-refractivity contribution in [3.63, 3.8) is 0 Å². The lowest BCUT2D eigenvalue weighted by molar-refractivity contribution is -0.121. The van der Waals surface area contributed by atoms with E-state index in [9.17, 15) is 4.79 Å². The van der Waals surface area contributed by atoms with Gasteiger partial charge in [0.2, 0.25) is 5.91 Å². The van der Waals surface area contributed by atoms with Crippen LogP contribution in [-0.2, 0) is 20.7 Å². The molecule has 0 aliphatic heterocycles. The Morgan fingerprint density at radius 2 is 2.21 bits per heavy atom. The van der Waals surface area contributed by atoms with E-state index in [1.54, 1.807) is 6.26 Å². The summed E-state index contributed by atoms with van der Waals surface area (Å²) in [4.78, 5) is 11.5. The van der Waals surface area contributed by atoms with Gasteiger partial charge in [0.1, 0.15) is 5.76 Å². The molecular formula is C14H23NO4. The van der Waals surface area contributed by atoms with E-state index in [4.69, 9.17) is 13.9 Å². The van der Waals surface area contributed by atoms with Crippen LogP contribution in [0.4, 0.5) is 0 Å². The van der Waals surface area contributed by atoms with Crippen LogP contribution in [0.25, 0.3) is 0 Å². The number of furan rings is 1. The highest BCUT2D eigenvalue weighted by molar-refractivity contribution is 5.76. The Morgan fingerprint density at radius 3 is 2.89 bits per heavy atom. The van der Waals surface area contributed by atoms with E-state index in [-0.39, 0.29) is 12.0 Å². The molecule has 0 spiro atoms. The highest BCUT2D eigenvalue weighted by Gasteiger charge is 2.03. The summed E-state index contributed by atoms with van der Waals surface area (Å²) in [5.41, 5.74) is 0. The average Bonchev–Trinajstić information content (AvgIpc) is 2.88. The Bertz CT molecular complexity index is 335. The van der Waals surface area contributed by atoms with Crippen molar-refractivity contribution < 1.29 is 18.7 Å².